The topological polar surface area (TPSA) is 133 Å². The van der Waals surface area contributed by atoms with E-state index in [1.54, 1.807) is 67.0 Å². The molecule has 6 rings (SSSR count). The molecule has 0 unspecified atom stereocenters. The Balaban J connectivity index is 1.35. The molecule has 0 radical (unpaired) electrons. The van der Waals surface area contributed by atoms with Crippen LogP contribution in [0.4, 0.5) is 21.9 Å². The highest BCUT2D eigenvalue weighted by Crippen LogP contribution is 2.38. The second-order valence-electron chi connectivity index (χ2n) is 9.87. The highest BCUT2D eigenvalue weighted by molar-refractivity contribution is 6.37. The first-order valence-electron chi connectivity index (χ1n) is 13.3. The van der Waals surface area contributed by atoms with Gasteiger partial charge in [-0.1, -0.05) is 30.3 Å². The molecule has 2 aliphatic heterocycles. The van der Waals surface area contributed by atoms with Crippen LogP contribution in [0, 0.1) is 0 Å². The number of fused-ring (bicyclic) bond motifs is 1. The van der Waals surface area contributed by atoms with Crippen molar-refractivity contribution in [2.24, 2.45) is 0 Å². The zero-order valence-corrected chi connectivity index (χ0v) is 22.5. The Morgan fingerprint density at radius 2 is 1.64 bits per heavy atom. The summed E-state index contributed by atoms with van der Waals surface area (Å²) in [5, 5.41) is 11.8. The van der Waals surface area contributed by atoms with Crippen molar-refractivity contribution in [2.45, 2.75) is 13.0 Å². The maximum absolute atomic E-state index is 13.4. The van der Waals surface area contributed by atoms with E-state index in [4.69, 9.17) is 0 Å². The van der Waals surface area contributed by atoms with Gasteiger partial charge in [0.05, 0.1) is 29.5 Å². The standard InChI is InChI=1S/C32H26N6O4/c1-19(20-5-3-2-4-6-20)35-30(40)22-7-12-26-25(17-22)28(31(41)37-26)29(21-13-15-33-16-14-21)36-23-8-10-24(11-9-23)38-27(39)18-34-32(38)42/h2-17,19,36H,18H2,1H3,(H,34,42)(H,35,40)(H,37,41)/t19-/m1/s1. The third kappa shape index (κ3) is 5.08. The Hall–Kier alpha value is -5.77. The van der Waals surface area contributed by atoms with E-state index in [0.717, 1.165) is 10.5 Å². The van der Waals surface area contributed by atoms with Gasteiger partial charge in [0.25, 0.3) is 17.7 Å². The van der Waals surface area contributed by atoms with Gasteiger partial charge in [0, 0.05) is 40.5 Å². The maximum Gasteiger partial charge on any atom is 0.329 e. The molecular formula is C32H26N6O4. The number of hydrogen-bond donors (Lipinski definition) is 4. The summed E-state index contributed by atoms with van der Waals surface area (Å²) >= 11 is 0. The first-order chi connectivity index (χ1) is 20.4. The number of urea groups is 1. The van der Waals surface area contributed by atoms with Gasteiger partial charge in [-0.15, -0.1) is 0 Å². The molecule has 2 aliphatic rings. The Morgan fingerprint density at radius 1 is 0.905 bits per heavy atom. The fraction of sp³-hybridized carbons (Fsp3) is 0.0938. The number of nitrogens with zero attached hydrogens (tertiary/aromatic N) is 2. The predicted octanol–water partition coefficient (Wildman–Crippen LogP) is 4.56. The van der Waals surface area contributed by atoms with E-state index in [1.807, 2.05) is 37.3 Å². The summed E-state index contributed by atoms with van der Waals surface area (Å²) in [5.41, 5.74) is 5.19. The SMILES string of the molecule is C[C@@H](NC(=O)c1ccc2c(c1)C(=C(Nc1ccc(N3C(=O)CNC3=O)cc1)c1ccncc1)C(=O)N2)c1ccccc1. The maximum atomic E-state index is 13.4. The fourth-order valence-corrected chi connectivity index (χ4v) is 4.98. The summed E-state index contributed by atoms with van der Waals surface area (Å²) in [7, 11) is 0. The van der Waals surface area contributed by atoms with Crippen LogP contribution < -0.4 is 26.2 Å². The quantitative estimate of drug-likeness (QED) is 0.194. The second-order valence-corrected chi connectivity index (χ2v) is 9.87. The van der Waals surface area contributed by atoms with Crippen LogP contribution >= 0.6 is 0 Å². The summed E-state index contributed by atoms with van der Waals surface area (Å²) in [6.07, 6.45) is 3.25. The molecule has 4 aromatic rings. The van der Waals surface area contributed by atoms with E-state index in [9.17, 15) is 19.2 Å². The number of carbonyl (C=O) groups is 4. The van der Waals surface area contributed by atoms with Gasteiger partial charge >= 0.3 is 6.03 Å². The first kappa shape index (κ1) is 26.5. The van der Waals surface area contributed by atoms with E-state index in [0.29, 0.717) is 45.0 Å². The number of benzene rings is 3. The molecule has 1 atom stereocenters. The number of nitrogens with one attached hydrogen (secondary N) is 4. The number of aromatic nitrogens is 1. The van der Waals surface area contributed by atoms with Crippen LogP contribution in [-0.4, -0.2) is 35.3 Å². The molecule has 10 heteroatoms. The Labute approximate surface area is 241 Å². The number of anilines is 3. The highest BCUT2D eigenvalue weighted by atomic mass is 16.2. The lowest BCUT2D eigenvalue weighted by molar-refractivity contribution is -0.116. The second kappa shape index (κ2) is 11.0. The molecule has 0 aliphatic carbocycles. The molecular weight excluding hydrogens is 532 g/mol. The van der Waals surface area contributed by atoms with Crippen molar-refractivity contribution in [3.63, 3.8) is 0 Å². The molecule has 5 amide bonds. The predicted molar refractivity (Wildman–Crippen MR) is 159 cm³/mol. The van der Waals surface area contributed by atoms with Gasteiger partial charge in [0.15, 0.2) is 0 Å². The van der Waals surface area contributed by atoms with Gasteiger partial charge in [0.1, 0.15) is 0 Å². The average molecular weight is 559 g/mol. The van der Waals surface area contributed by atoms with Crippen molar-refractivity contribution in [1.82, 2.24) is 15.6 Å². The van der Waals surface area contributed by atoms with Crippen LogP contribution in [0.3, 0.4) is 0 Å². The number of imide groups is 1. The zero-order chi connectivity index (χ0) is 29.2. The van der Waals surface area contributed by atoms with Gasteiger partial charge < -0.3 is 21.3 Å². The van der Waals surface area contributed by atoms with Gasteiger partial charge in [-0.25, -0.2) is 9.69 Å². The summed E-state index contributed by atoms with van der Waals surface area (Å²) in [6, 6.07) is 24.4. The van der Waals surface area contributed by atoms with Crippen LogP contribution in [0.5, 0.6) is 0 Å². The Kier molecular flexibility index (Phi) is 6.93. The van der Waals surface area contributed by atoms with Crippen molar-refractivity contribution in [1.29, 1.82) is 0 Å². The number of hydrogen-bond acceptors (Lipinski definition) is 6. The van der Waals surface area contributed by atoms with Crippen molar-refractivity contribution in [2.75, 3.05) is 22.1 Å². The smallest absolute Gasteiger partial charge is 0.329 e. The molecule has 0 saturated carbocycles. The van der Waals surface area contributed by atoms with Gasteiger partial charge in [-0.05, 0) is 67.1 Å². The molecule has 1 saturated heterocycles. The number of carbonyl (C=O) groups excluding carboxylic acids is 4. The minimum atomic E-state index is -0.475. The molecule has 3 aromatic carbocycles. The lowest BCUT2D eigenvalue weighted by atomic mass is 9.98. The van der Waals surface area contributed by atoms with Crippen molar-refractivity contribution in [3.05, 3.63) is 120 Å². The molecule has 0 spiro atoms. The molecule has 4 N–H and O–H groups in total. The molecule has 42 heavy (non-hydrogen) atoms. The average Bonchev–Trinajstić information content (AvgIpc) is 3.53. The summed E-state index contributed by atoms with van der Waals surface area (Å²) in [6.45, 7) is 1.87. The third-order valence-corrected chi connectivity index (χ3v) is 7.13. The van der Waals surface area contributed by atoms with Crippen LogP contribution in [0.25, 0.3) is 11.3 Å². The van der Waals surface area contributed by atoms with Crippen LogP contribution in [0.15, 0.2) is 97.3 Å². The molecule has 1 aromatic heterocycles. The number of amides is 5. The Morgan fingerprint density at radius 3 is 2.33 bits per heavy atom. The first-order valence-corrected chi connectivity index (χ1v) is 13.3. The van der Waals surface area contributed by atoms with Crippen molar-refractivity contribution in [3.8, 4) is 0 Å². The summed E-state index contributed by atoms with van der Waals surface area (Å²) in [4.78, 5) is 55.9. The van der Waals surface area contributed by atoms with E-state index in [-0.39, 0.29) is 30.3 Å². The largest absolute Gasteiger partial charge is 0.354 e. The van der Waals surface area contributed by atoms with Crippen molar-refractivity contribution >= 4 is 52.1 Å². The van der Waals surface area contributed by atoms with E-state index < -0.39 is 6.03 Å². The zero-order valence-electron chi connectivity index (χ0n) is 22.5. The summed E-state index contributed by atoms with van der Waals surface area (Å²) < 4.78 is 0. The third-order valence-electron chi connectivity index (χ3n) is 7.13. The lowest BCUT2D eigenvalue weighted by Gasteiger charge is -2.17. The molecule has 10 nitrogen and oxygen atoms in total. The minimum Gasteiger partial charge on any atom is -0.354 e. The van der Waals surface area contributed by atoms with Crippen LogP contribution in [0.2, 0.25) is 0 Å². The minimum absolute atomic E-state index is 0.0448. The normalized spacial score (nSPS) is 15.9. The lowest BCUT2D eigenvalue weighted by Crippen LogP contribution is -2.30. The van der Waals surface area contributed by atoms with Crippen LogP contribution in [-0.2, 0) is 9.59 Å². The number of rotatable bonds is 7. The molecule has 1 fully saturated rings. The van der Waals surface area contributed by atoms with E-state index >= 15 is 0 Å². The monoisotopic (exact) mass is 558 g/mol. The van der Waals surface area contributed by atoms with E-state index in [1.165, 1.54) is 0 Å². The molecule has 208 valence electrons. The van der Waals surface area contributed by atoms with Gasteiger partial charge in [0.2, 0.25) is 0 Å². The molecule has 3 heterocycles. The number of pyridine rings is 1. The van der Waals surface area contributed by atoms with Gasteiger partial charge in [-0.2, -0.15) is 0 Å². The molecule has 0 bridgehead atoms. The van der Waals surface area contributed by atoms with Crippen LogP contribution in [0.1, 0.15) is 40.0 Å². The Bertz CT molecular complexity index is 1720. The fourth-order valence-electron chi connectivity index (χ4n) is 4.98. The van der Waals surface area contributed by atoms with E-state index in [2.05, 4.69) is 26.3 Å². The van der Waals surface area contributed by atoms with Gasteiger partial charge in [-0.3, -0.25) is 19.4 Å². The van der Waals surface area contributed by atoms with Crippen molar-refractivity contribution < 1.29 is 19.2 Å². The summed E-state index contributed by atoms with van der Waals surface area (Å²) in [5.74, 6) is -0.921. The highest BCUT2D eigenvalue weighted by Gasteiger charge is 2.31.